The maximum atomic E-state index is 12.9. The zero-order chi connectivity index (χ0) is 25.8. The monoisotopic (exact) mass is 528 g/mol. The van der Waals surface area contributed by atoms with Gasteiger partial charge in [0.1, 0.15) is 11.8 Å². The Morgan fingerprint density at radius 1 is 1.08 bits per heavy atom. The summed E-state index contributed by atoms with van der Waals surface area (Å²) in [6.07, 6.45) is 2.06. The molecule has 0 bridgehead atoms. The van der Waals surface area contributed by atoms with Crippen molar-refractivity contribution < 1.29 is 9.21 Å². The van der Waals surface area contributed by atoms with Gasteiger partial charge in [-0.05, 0) is 79.7 Å². The molecule has 0 unspecified atom stereocenters. The maximum Gasteiger partial charge on any atom is 0.226 e. The fourth-order valence-electron chi connectivity index (χ4n) is 4.41. The molecule has 2 aromatic carbocycles. The van der Waals surface area contributed by atoms with Gasteiger partial charge in [0.2, 0.25) is 5.91 Å². The first kappa shape index (κ1) is 25.0. The normalized spacial score (nSPS) is 17.0. The molecule has 1 saturated heterocycles. The van der Waals surface area contributed by atoms with Gasteiger partial charge in [0.05, 0.1) is 11.7 Å². The van der Waals surface area contributed by atoms with Gasteiger partial charge in [0.25, 0.3) is 0 Å². The highest BCUT2D eigenvalue weighted by Gasteiger charge is 2.41. The number of thiocarbonyl (C=S) groups is 1. The molecule has 8 heteroatoms. The van der Waals surface area contributed by atoms with E-state index in [1.165, 1.54) is 0 Å². The Kier molecular flexibility index (Phi) is 7.58. The predicted octanol–water partition coefficient (Wildman–Crippen LogP) is 6.44. The first-order chi connectivity index (χ1) is 18.0. The Bertz CT molecular complexity index is 1390. The standard InChI is InChI=1S/C29H28N4O2S2/c1-19-11-12-20(2)23(18-19)31-25(34)15-17-33-28(27(32-29(33)36)22-10-6-7-16-30-22)24-13-14-26(35-24)37-21-8-4-3-5-9-21/h3-14,16,18,27-28H,15,17H2,1-2H3,(H,31,34)(H,32,36)/t27-,28+/m0/s1. The SMILES string of the molecule is Cc1ccc(C)c(NC(=O)CCN2C(=S)N[C@@H](c3ccccn3)[C@H]2c2ccc(Sc3ccccc3)o2)c1. The minimum atomic E-state index is -0.235. The third-order valence-corrected chi connectivity index (χ3v) is 7.58. The van der Waals surface area contributed by atoms with Crippen LogP contribution in [0.5, 0.6) is 0 Å². The molecule has 0 radical (unpaired) electrons. The van der Waals surface area contributed by atoms with Gasteiger partial charge in [0, 0.05) is 29.7 Å². The van der Waals surface area contributed by atoms with E-state index in [0.29, 0.717) is 11.7 Å². The average molecular weight is 529 g/mol. The Morgan fingerprint density at radius 2 is 1.89 bits per heavy atom. The van der Waals surface area contributed by atoms with E-state index in [1.807, 2.05) is 85.5 Å². The molecule has 188 valence electrons. The van der Waals surface area contributed by atoms with Crippen LogP contribution < -0.4 is 10.6 Å². The molecule has 1 fully saturated rings. The van der Waals surface area contributed by atoms with Gasteiger partial charge in [-0.25, -0.2) is 0 Å². The minimum absolute atomic E-state index is 0.0590. The first-order valence-electron chi connectivity index (χ1n) is 12.2. The van der Waals surface area contributed by atoms with E-state index in [0.717, 1.165) is 38.3 Å². The summed E-state index contributed by atoms with van der Waals surface area (Å²) in [5.74, 6) is 0.715. The summed E-state index contributed by atoms with van der Waals surface area (Å²) in [5, 5.41) is 7.84. The summed E-state index contributed by atoms with van der Waals surface area (Å²) in [4.78, 5) is 20.6. The number of carbonyl (C=O) groups excluding carboxylic acids is 1. The van der Waals surface area contributed by atoms with Crippen molar-refractivity contribution in [3.8, 4) is 0 Å². The molecule has 3 heterocycles. The summed E-state index contributed by atoms with van der Waals surface area (Å²) in [7, 11) is 0. The van der Waals surface area contributed by atoms with Crippen LogP contribution in [0, 0.1) is 13.8 Å². The summed E-state index contributed by atoms with van der Waals surface area (Å²) in [6.45, 7) is 4.45. The quantitative estimate of drug-likeness (QED) is 0.255. The molecule has 5 rings (SSSR count). The molecule has 1 aliphatic rings. The number of hydrogen-bond donors (Lipinski definition) is 2. The van der Waals surface area contributed by atoms with Crippen molar-refractivity contribution in [2.75, 3.05) is 11.9 Å². The molecule has 0 saturated carbocycles. The highest BCUT2D eigenvalue weighted by molar-refractivity contribution is 7.99. The number of nitrogens with zero attached hydrogens (tertiary/aromatic N) is 2. The molecule has 0 spiro atoms. The lowest BCUT2D eigenvalue weighted by molar-refractivity contribution is -0.116. The Morgan fingerprint density at radius 3 is 2.68 bits per heavy atom. The van der Waals surface area contributed by atoms with Gasteiger partial charge in [-0.3, -0.25) is 9.78 Å². The lowest BCUT2D eigenvalue weighted by Crippen LogP contribution is -2.32. The van der Waals surface area contributed by atoms with Crippen molar-refractivity contribution in [2.24, 2.45) is 0 Å². The van der Waals surface area contributed by atoms with Crippen LogP contribution in [0.15, 0.2) is 99.5 Å². The van der Waals surface area contributed by atoms with E-state index in [2.05, 4.69) is 27.8 Å². The second kappa shape index (κ2) is 11.2. The third-order valence-electron chi connectivity index (χ3n) is 6.30. The van der Waals surface area contributed by atoms with Crippen LogP contribution in [0.2, 0.25) is 0 Å². The second-order valence-corrected chi connectivity index (χ2v) is 10.5. The zero-order valence-electron chi connectivity index (χ0n) is 20.7. The number of benzene rings is 2. The highest BCUT2D eigenvalue weighted by atomic mass is 32.2. The number of nitrogens with one attached hydrogen (secondary N) is 2. The van der Waals surface area contributed by atoms with Crippen LogP contribution in [-0.4, -0.2) is 27.4 Å². The van der Waals surface area contributed by atoms with Crippen LogP contribution in [0.3, 0.4) is 0 Å². The van der Waals surface area contributed by atoms with Crippen LogP contribution in [0.25, 0.3) is 0 Å². The van der Waals surface area contributed by atoms with E-state index >= 15 is 0 Å². The van der Waals surface area contributed by atoms with Gasteiger partial charge in [0.15, 0.2) is 10.2 Å². The number of carbonyl (C=O) groups is 1. The number of aryl methyl sites for hydroxylation is 2. The largest absolute Gasteiger partial charge is 0.452 e. The number of pyridine rings is 1. The molecule has 1 aliphatic heterocycles. The third kappa shape index (κ3) is 5.87. The minimum Gasteiger partial charge on any atom is -0.452 e. The van der Waals surface area contributed by atoms with Crippen molar-refractivity contribution in [1.29, 1.82) is 0 Å². The van der Waals surface area contributed by atoms with Crippen molar-refractivity contribution in [2.45, 2.75) is 42.3 Å². The fraction of sp³-hybridized carbons (Fsp3) is 0.207. The molecular formula is C29H28N4O2S2. The number of rotatable bonds is 8. The van der Waals surface area contributed by atoms with Crippen LogP contribution in [0.1, 0.15) is 41.1 Å². The van der Waals surface area contributed by atoms with Gasteiger partial charge in [-0.15, -0.1) is 0 Å². The van der Waals surface area contributed by atoms with Crippen molar-refractivity contribution >= 4 is 40.7 Å². The number of anilines is 1. The number of aromatic nitrogens is 1. The van der Waals surface area contributed by atoms with Gasteiger partial charge in [-0.1, -0.05) is 48.2 Å². The van der Waals surface area contributed by atoms with E-state index in [-0.39, 0.29) is 24.4 Å². The molecule has 37 heavy (non-hydrogen) atoms. The van der Waals surface area contributed by atoms with Crippen LogP contribution in [0.4, 0.5) is 5.69 Å². The number of hydrogen-bond acceptors (Lipinski definition) is 5. The maximum absolute atomic E-state index is 12.9. The molecule has 1 amide bonds. The molecule has 0 aliphatic carbocycles. The molecule has 2 atom stereocenters. The summed E-state index contributed by atoms with van der Waals surface area (Å²) < 4.78 is 6.33. The molecule has 2 N–H and O–H groups in total. The summed E-state index contributed by atoms with van der Waals surface area (Å²) in [5.41, 5.74) is 3.84. The van der Waals surface area contributed by atoms with E-state index < -0.39 is 0 Å². The highest BCUT2D eigenvalue weighted by Crippen LogP contribution is 2.41. The van der Waals surface area contributed by atoms with Gasteiger partial charge >= 0.3 is 0 Å². The first-order valence-corrected chi connectivity index (χ1v) is 13.4. The fourth-order valence-corrected chi connectivity index (χ4v) is 5.54. The number of amides is 1. The Hall–Kier alpha value is -3.62. The Balaban J connectivity index is 1.36. The van der Waals surface area contributed by atoms with Crippen LogP contribution >= 0.6 is 24.0 Å². The molecule has 4 aromatic rings. The predicted molar refractivity (Wildman–Crippen MR) is 151 cm³/mol. The summed E-state index contributed by atoms with van der Waals surface area (Å²) >= 11 is 7.30. The van der Waals surface area contributed by atoms with E-state index in [9.17, 15) is 4.79 Å². The van der Waals surface area contributed by atoms with Crippen molar-refractivity contribution in [1.82, 2.24) is 15.2 Å². The summed E-state index contributed by atoms with van der Waals surface area (Å²) in [6, 6.07) is 25.5. The smallest absolute Gasteiger partial charge is 0.226 e. The lowest BCUT2D eigenvalue weighted by atomic mass is 10.0. The van der Waals surface area contributed by atoms with Gasteiger partial charge < -0.3 is 20.0 Å². The number of furan rings is 1. The second-order valence-electron chi connectivity index (χ2n) is 9.01. The topological polar surface area (TPSA) is 70.4 Å². The average Bonchev–Trinajstić information content (AvgIpc) is 3.49. The molecular weight excluding hydrogens is 500 g/mol. The molecule has 6 nitrogen and oxygen atoms in total. The zero-order valence-corrected chi connectivity index (χ0v) is 22.3. The lowest BCUT2D eigenvalue weighted by Gasteiger charge is -2.25. The Labute approximate surface area is 226 Å². The van der Waals surface area contributed by atoms with Crippen molar-refractivity contribution in [3.05, 3.63) is 108 Å². The molecule has 2 aromatic heterocycles. The van der Waals surface area contributed by atoms with E-state index in [1.54, 1.807) is 18.0 Å². The van der Waals surface area contributed by atoms with Crippen LogP contribution in [-0.2, 0) is 4.79 Å². The van der Waals surface area contributed by atoms with E-state index in [4.69, 9.17) is 16.6 Å². The van der Waals surface area contributed by atoms with Gasteiger partial charge in [-0.2, -0.15) is 0 Å². The van der Waals surface area contributed by atoms with Crippen molar-refractivity contribution in [3.63, 3.8) is 0 Å².